The minimum absolute atomic E-state index is 0. The van der Waals surface area contributed by atoms with E-state index in [1.807, 2.05) is 32.0 Å². The maximum absolute atomic E-state index is 12.8. The Labute approximate surface area is 231 Å². The molecule has 1 saturated heterocycles. The van der Waals surface area contributed by atoms with Crippen molar-refractivity contribution in [2.45, 2.75) is 52.4 Å². The zero-order chi connectivity index (χ0) is 26.5. The van der Waals surface area contributed by atoms with Crippen molar-refractivity contribution in [3.8, 4) is 5.75 Å². The molecule has 0 radical (unpaired) electrons. The van der Waals surface area contributed by atoms with Crippen molar-refractivity contribution in [1.29, 1.82) is 0 Å². The molecule has 1 atom stereocenters. The number of nitrogens with zero attached hydrogens (tertiary/aromatic N) is 4. The van der Waals surface area contributed by atoms with Crippen LogP contribution in [0.25, 0.3) is 11.0 Å². The van der Waals surface area contributed by atoms with Gasteiger partial charge in [0.25, 0.3) is 11.7 Å². The topological polar surface area (TPSA) is 166 Å². The lowest BCUT2D eigenvalue weighted by atomic mass is 10.2. The summed E-state index contributed by atoms with van der Waals surface area (Å²) in [6.45, 7) is 7.36. The van der Waals surface area contributed by atoms with Crippen molar-refractivity contribution >= 4 is 46.1 Å². The summed E-state index contributed by atoms with van der Waals surface area (Å²) < 4.78 is 10.2. The summed E-state index contributed by atoms with van der Waals surface area (Å²) in [6.07, 6.45) is 1.89. The summed E-state index contributed by atoms with van der Waals surface area (Å²) in [7, 11) is 0. The summed E-state index contributed by atoms with van der Waals surface area (Å²) >= 11 is 5.92. The fourth-order valence-electron chi connectivity index (χ4n) is 4.58. The van der Waals surface area contributed by atoms with Gasteiger partial charge < -0.3 is 44.6 Å². The zero-order valence-electron chi connectivity index (χ0n) is 21.4. The Morgan fingerprint density at radius 3 is 2.71 bits per heavy atom. The van der Waals surface area contributed by atoms with E-state index in [2.05, 4.69) is 35.1 Å². The molecular formula is C24H33Cl2N9O3. The van der Waals surface area contributed by atoms with Crippen molar-refractivity contribution in [2.75, 3.05) is 31.2 Å². The molecule has 0 aliphatic carbocycles. The second-order valence-electron chi connectivity index (χ2n) is 8.66. The smallest absolute Gasteiger partial charge is 0.277 e. The number of fused-ring (bicyclic) bond motifs is 1. The van der Waals surface area contributed by atoms with E-state index in [1.54, 1.807) is 0 Å². The standard InChI is InChI=1S/C24H32ClN9O3.ClH/c1-3-33-16-8-7-14(37-11-10-29-23(35)15-6-5-9-28-15)12-17(16)34(4-2)18(33)13-30-24(36)19-21(26)32-22(27)20(25)31-19;/h7-8,12,15,28H,3-6,9-11,13H2,1-2H3,(H5-,26,27,29,30,32,35,36);1H. The van der Waals surface area contributed by atoms with Gasteiger partial charge >= 0.3 is 0 Å². The number of nitrogen functional groups attached to an aromatic ring is 2. The van der Waals surface area contributed by atoms with E-state index in [0.29, 0.717) is 32.0 Å². The highest BCUT2D eigenvalue weighted by Crippen LogP contribution is 2.22. The number of hydrogen-bond donors (Lipinski definition) is 5. The van der Waals surface area contributed by atoms with Gasteiger partial charge in [-0.05, 0) is 45.4 Å². The molecule has 0 spiro atoms. The Balaban J connectivity index is 0.00000400. The molecule has 2 amide bonds. The quantitative estimate of drug-likeness (QED) is 0.136. The Morgan fingerprint density at radius 2 is 2.03 bits per heavy atom. The van der Waals surface area contributed by atoms with Crippen molar-refractivity contribution in [1.82, 2.24) is 30.5 Å². The molecule has 12 nitrogen and oxygen atoms in total. The van der Waals surface area contributed by atoms with E-state index in [0.717, 1.165) is 36.2 Å². The van der Waals surface area contributed by atoms with Crippen LogP contribution in [0.2, 0.25) is 5.15 Å². The molecule has 206 valence electrons. The first-order valence-corrected chi connectivity index (χ1v) is 12.8. The third-order valence-corrected chi connectivity index (χ3v) is 6.64. The number of carbonyl (C=O) groups is 2. The molecular weight excluding hydrogens is 533 g/mol. The maximum atomic E-state index is 12.8. The van der Waals surface area contributed by atoms with Crippen molar-refractivity contribution in [3.63, 3.8) is 0 Å². The molecule has 38 heavy (non-hydrogen) atoms. The number of nitrogens with two attached hydrogens (primary N) is 2. The van der Waals surface area contributed by atoms with Crippen LogP contribution in [0, 0.1) is 0 Å². The Hall–Kier alpha value is -3.35. The van der Waals surface area contributed by atoms with Crippen LogP contribution in [0.1, 0.15) is 43.0 Å². The number of rotatable bonds is 10. The lowest BCUT2D eigenvalue weighted by Crippen LogP contribution is -3.00. The van der Waals surface area contributed by atoms with Gasteiger partial charge in [-0.3, -0.25) is 9.59 Å². The number of aromatic nitrogens is 4. The fourth-order valence-corrected chi connectivity index (χ4v) is 4.71. The van der Waals surface area contributed by atoms with Crippen LogP contribution in [-0.2, 0) is 24.4 Å². The molecule has 2 aromatic heterocycles. The lowest BCUT2D eigenvalue weighted by molar-refractivity contribution is -0.676. The van der Waals surface area contributed by atoms with Gasteiger partial charge in [0.2, 0.25) is 5.91 Å². The number of nitrogens with one attached hydrogen (secondary N) is 3. The van der Waals surface area contributed by atoms with E-state index in [-0.39, 0.29) is 53.4 Å². The molecule has 0 bridgehead atoms. The third kappa shape index (κ3) is 6.20. The van der Waals surface area contributed by atoms with Crippen LogP contribution in [0.3, 0.4) is 0 Å². The van der Waals surface area contributed by atoms with Crippen LogP contribution in [0.15, 0.2) is 18.2 Å². The molecule has 3 aromatic rings. The number of amides is 2. The van der Waals surface area contributed by atoms with E-state index in [4.69, 9.17) is 27.8 Å². The van der Waals surface area contributed by atoms with Crippen LogP contribution >= 0.6 is 11.6 Å². The van der Waals surface area contributed by atoms with Crippen molar-refractivity contribution < 1.29 is 31.3 Å². The molecule has 7 N–H and O–H groups in total. The highest BCUT2D eigenvalue weighted by Gasteiger charge is 2.26. The number of ether oxygens (including phenoxy) is 1. The largest absolute Gasteiger partial charge is 1.00 e. The summed E-state index contributed by atoms with van der Waals surface area (Å²) in [5.41, 5.74) is 13.3. The minimum Gasteiger partial charge on any atom is -1.00 e. The number of aryl methyl sites for hydroxylation is 2. The lowest BCUT2D eigenvalue weighted by Gasteiger charge is -2.11. The Bertz CT molecular complexity index is 1310. The zero-order valence-corrected chi connectivity index (χ0v) is 22.9. The van der Waals surface area contributed by atoms with E-state index >= 15 is 0 Å². The second kappa shape index (κ2) is 12.9. The van der Waals surface area contributed by atoms with Crippen molar-refractivity contribution in [3.05, 3.63) is 34.9 Å². The predicted molar refractivity (Wildman–Crippen MR) is 140 cm³/mol. The van der Waals surface area contributed by atoms with Gasteiger partial charge in [-0.15, -0.1) is 0 Å². The highest BCUT2D eigenvalue weighted by atomic mass is 35.5. The summed E-state index contributed by atoms with van der Waals surface area (Å²) in [4.78, 5) is 32.8. The third-order valence-electron chi connectivity index (χ3n) is 6.36. The molecule has 1 aliphatic rings. The highest BCUT2D eigenvalue weighted by molar-refractivity contribution is 6.31. The van der Waals surface area contributed by atoms with Gasteiger partial charge in [0.1, 0.15) is 18.9 Å². The summed E-state index contributed by atoms with van der Waals surface area (Å²) in [5.74, 6) is 0.997. The molecule has 1 unspecified atom stereocenters. The van der Waals surface area contributed by atoms with Crippen LogP contribution < -0.4 is 49.1 Å². The number of benzene rings is 1. The summed E-state index contributed by atoms with van der Waals surface area (Å²) in [6, 6.07) is 5.77. The number of carbonyl (C=O) groups excluding carboxylic acids is 2. The average Bonchev–Trinajstić information content (AvgIpc) is 3.53. The first-order valence-electron chi connectivity index (χ1n) is 12.4. The molecule has 4 rings (SSSR count). The van der Waals surface area contributed by atoms with Gasteiger partial charge in [-0.2, -0.15) is 0 Å². The number of hydrogen-bond acceptors (Lipinski definition) is 8. The maximum Gasteiger partial charge on any atom is 0.277 e. The van der Waals surface area contributed by atoms with E-state index in [1.165, 1.54) is 0 Å². The molecule has 1 aromatic carbocycles. The minimum atomic E-state index is -0.499. The van der Waals surface area contributed by atoms with Gasteiger partial charge in [0.15, 0.2) is 33.5 Å². The van der Waals surface area contributed by atoms with Crippen LogP contribution in [0.5, 0.6) is 5.75 Å². The second-order valence-corrected chi connectivity index (χ2v) is 9.02. The molecule has 14 heteroatoms. The Kier molecular flexibility index (Phi) is 9.95. The monoisotopic (exact) mass is 565 g/mol. The molecule has 0 saturated carbocycles. The predicted octanol–water partition coefficient (Wildman–Crippen LogP) is -2.24. The van der Waals surface area contributed by atoms with E-state index in [9.17, 15) is 9.59 Å². The molecule has 1 aliphatic heterocycles. The number of halogens is 2. The fraction of sp³-hybridized carbons (Fsp3) is 0.458. The van der Waals surface area contributed by atoms with E-state index < -0.39 is 5.91 Å². The number of imidazole rings is 1. The average molecular weight is 566 g/mol. The normalized spacial score (nSPS) is 14.8. The van der Waals surface area contributed by atoms with Crippen molar-refractivity contribution in [2.24, 2.45) is 0 Å². The Morgan fingerprint density at radius 1 is 1.24 bits per heavy atom. The SMILES string of the molecule is CCn1c(CNC(=O)c2nc(Cl)c(N)nc2N)[n+](CC)c2ccc(OCCNC(=O)C3CCCN3)cc21.[Cl-]. The van der Waals surface area contributed by atoms with Gasteiger partial charge in [-0.25, -0.2) is 19.1 Å². The number of anilines is 2. The van der Waals surface area contributed by atoms with Gasteiger partial charge in [-0.1, -0.05) is 11.6 Å². The van der Waals surface area contributed by atoms with Gasteiger partial charge in [0.05, 0.1) is 25.7 Å². The van der Waals surface area contributed by atoms with Crippen LogP contribution in [0.4, 0.5) is 11.6 Å². The molecule has 1 fully saturated rings. The summed E-state index contributed by atoms with van der Waals surface area (Å²) in [5, 5.41) is 8.89. The first kappa shape index (κ1) is 29.2. The van der Waals surface area contributed by atoms with Crippen LogP contribution in [-0.4, -0.2) is 52.1 Å². The first-order chi connectivity index (χ1) is 17.8. The van der Waals surface area contributed by atoms with Gasteiger partial charge in [0, 0.05) is 6.07 Å². The molecule has 3 heterocycles.